The molecule has 2 heterocycles. The molecule has 1 aromatic rings. The van der Waals surface area contributed by atoms with E-state index < -0.39 is 29.9 Å². The van der Waals surface area contributed by atoms with E-state index in [0.29, 0.717) is 30.0 Å². The van der Waals surface area contributed by atoms with Gasteiger partial charge >= 0.3 is 0 Å². The van der Waals surface area contributed by atoms with Crippen molar-refractivity contribution in [2.24, 2.45) is 17.2 Å². The quantitative estimate of drug-likeness (QED) is 0.269. The van der Waals surface area contributed by atoms with Crippen LogP contribution in [0.3, 0.4) is 0 Å². The van der Waals surface area contributed by atoms with Gasteiger partial charge in [-0.15, -0.1) is 0 Å². The Morgan fingerprint density at radius 2 is 2.12 bits per heavy atom. The van der Waals surface area contributed by atoms with E-state index in [9.17, 15) is 19.6 Å². The van der Waals surface area contributed by atoms with Crippen LogP contribution in [0.2, 0.25) is 0 Å². The van der Waals surface area contributed by atoms with E-state index in [1.807, 2.05) is 0 Å². The number of thiophene rings is 1. The molecule has 0 aromatic carbocycles. The SMILES string of the molecule is NCCCC[C@H](N)C(=O)N(O)[C@H]1C[C@@H](C(N)=O)N(C(=O)c2ccsc2)C1. The number of hydrogen-bond acceptors (Lipinski definition) is 7. The number of unbranched alkanes of at least 4 members (excludes halogenated alkanes) is 1. The fourth-order valence-corrected chi connectivity index (χ4v) is 3.65. The minimum Gasteiger partial charge on any atom is -0.368 e. The van der Waals surface area contributed by atoms with E-state index in [1.54, 1.807) is 16.8 Å². The van der Waals surface area contributed by atoms with Crippen LogP contribution in [0.5, 0.6) is 0 Å². The molecule has 2 rings (SSSR count). The van der Waals surface area contributed by atoms with Crippen LogP contribution in [0.25, 0.3) is 0 Å². The third-order valence-corrected chi connectivity index (χ3v) is 5.18. The molecule has 0 radical (unpaired) electrons. The molecule has 7 N–H and O–H groups in total. The van der Waals surface area contributed by atoms with Crippen molar-refractivity contribution in [3.8, 4) is 0 Å². The third-order valence-electron chi connectivity index (χ3n) is 4.49. The van der Waals surface area contributed by atoms with E-state index >= 15 is 0 Å². The lowest BCUT2D eigenvalue weighted by molar-refractivity contribution is -0.176. The van der Waals surface area contributed by atoms with Crippen LogP contribution in [0, 0.1) is 0 Å². The lowest BCUT2D eigenvalue weighted by Crippen LogP contribution is -2.48. The van der Waals surface area contributed by atoms with Crippen LogP contribution in [0.15, 0.2) is 16.8 Å². The maximum absolute atomic E-state index is 12.6. The summed E-state index contributed by atoms with van der Waals surface area (Å²) >= 11 is 1.36. The number of hydrogen-bond donors (Lipinski definition) is 4. The average molecular weight is 383 g/mol. The van der Waals surface area contributed by atoms with Gasteiger partial charge in [-0.05, 0) is 30.8 Å². The molecule has 3 atom stereocenters. The molecule has 0 aliphatic carbocycles. The number of nitrogens with zero attached hydrogens (tertiary/aromatic N) is 2. The van der Waals surface area contributed by atoms with Crippen LogP contribution in [0.1, 0.15) is 36.0 Å². The first-order chi connectivity index (χ1) is 12.4. The van der Waals surface area contributed by atoms with Crippen LogP contribution >= 0.6 is 11.3 Å². The maximum Gasteiger partial charge on any atom is 0.263 e. The first kappa shape index (κ1) is 20.3. The summed E-state index contributed by atoms with van der Waals surface area (Å²) in [6, 6.07) is -0.834. The molecule has 10 heteroatoms. The lowest BCUT2D eigenvalue weighted by atomic mass is 10.1. The Morgan fingerprint density at radius 3 is 2.69 bits per heavy atom. The number of rotatable bonds is 8. The number of nitrogens with two attached hydrogens (primary N) is 3. The molecule has 1 aliphatic heterocycles. The molecule has 1 saturated heterocycles. The van der Waals surface area contributed by atoms with Crippen LogP contribution in [0.4, 0.5) is 0 Å². The minimum absolute atomic E-state index is 0.0139. The van der Waals surface area contributed by atoms with Gasteiger partial charge in [-0.25, -0.2) is 5.06 Å². The molecule has 0 spiro atoms. The van der Waals surface area contributed by atoms with Crippen molar-refractivity contribution in [1.29, 1.82) is 0 Å². The predicted molar refractivity (Wildman–Crippen MR) is 96.3 cm³/mol. The Morgan fingerprint density at radius 1 is 1.38 bits per heavy atom. The van der Waals surface area contributed by atoms with Gasteiger partial charge in [0, 0.05) is 18.3 Å². The molecule has 9 nitrogen and oxygen atoms in total. The van der Waals surface area contributed by atoms with Crippen molar-refractivity contribution in [3.63, 3.8) is 0 Å². The fraction of sp³-hybridized carbons (Fsp3) is 0.562. The van der Waals surface area contributed by atoms with E-state index in [4.69, 9.17) is 17.2 Å². The highest BCUT2D eigenvalue weighted by Gasteiger charge is 2.43. The summed E-state index contributed by atoms with van der Waals surface area (Å²) in [5, 5.41) is 14.2. The molecule has 144 valence electrons. The molecule has 1 aromatic heterocycles. The molecular formula is C16H25N5O4S. The fourth-order valence-electron chi connectivity index (χ4n) is 3.02. The molecule has 0 bridgehead atoms. The maximum atomic E-state index is 12.6. The molecule has 3 amide bonds. The van der Waals surface area contributed by atoms with E-state index in [2.05, 4.69) is 0 Å². The zero-order valence-corrected chi connectivity index (χ0v) is 15.2. The smallest absolute Gasteiger partial charge is 0.263 e. The van der Waals surface area contributed by atoms with Crippen LogP contribution < -0.4 is 17.2 Å². The largest absolute Gasteiger partial charge is 0.368 e. The van der Waals surface area contributed by atoms with Gasteiger partial charge < -0.3 is 22.1 Å². The Balaban J connectivity index is 2.05. The van der Waals surface area contributed by atoms with Crippen LogP contribution in [-0.4, -0.2) is 64.1 Å². The van der Waals surface area contributed by atoms with Gasteiger partial charge in [-0.2, -0.15) is 11.3 Å². The van der Waals surface area contributed by atoms with Gasteiger partial charge in [0.2, 0.25) is 5.91 Å². The van der Waals surface area contributed by atoms with Gasteiger partial charge in [-0.1, -0.05) is 6.42 Å². The monoisotopic (exact) mass is 383 g/mol. The number of amides is 3. The topological polar surface area (TPSA) is 156 Å². The number of likely N-dealkylation sites (tertiary alicyclic amines) is 1. The third kappa shape index (κ3) is 4.58. The van der Waals surface area contributed by atoms with Crippen molar-refractivity contribution >= 4 is 29.1 Å². The highest BCUT2D eigenvalue weighted by atomic mass is 32.1. The zero-order chi connectivity index (χ0) is 19.3. The highest BCUT2D eigenvalue weighted by molar-refractivity contribution is 7.08. The van der Waals surface area contributed by atoms with Gasteiger partial charge in [0.25, 0.3) is 11.8 Å². The van der Waals surface area contributed by atoms with Crippen molar-refractivity contribution in [1.82, 2.24) is 9.96 Å². The number of carbonyl (C=O) groups is 3. The van der Waals surface area contributed by atoms with E-state index in [-0.39, 0.29) is 18.9 Å². The molecule has 1 fully saturated rings. The van der Waals surface area contributed by atoms with Crippen LogP contribution in [-0.2, 0) is 9.59 Å². The summed E-state index contributed by atoms with van der Waals surface area (Å²) in [6.45, 7) is 0.520. The molecule has 0 saturated carbocycles. The van der Waals surface area contributed by atoms with Gasteiger partial charge in [-0.3, -0.25) is 19.6 Å². The Labute approximate surface area is 155 Å². The summed E-state index contributed by atoms with van der Waals surface area (Å²) in [6.07, 6.45) is 1.89. The summed E-state index contributed by atoms with van der Waals surface area (Å²) in [7, 11) is 0. The second-order valence-electron chi connectivity index (χ2n) is 6.35. The van der Waals surface area contributed by atoms with Gasteiger partial charge in [0.05, 0.1) is 17.6 Å². The normalized spacial score (nSPS) is 20.8. The molecular weight excluding hydrogens is 358 g/mol. The van der Waals surface area contributed by atoms with Crippen molar-refractivity contribution in [3.05, 3.63) is 22.4 Å². The van der Waals surface area contributed by atoms with E-state index in [0.717, 1.165) is 6.42 Å². The Hall–Kier alpha value is -2.01. The summed E-state index contributed by atoms with van der Waals surface area (Å²) in [5.74, 6) is -1.67. The Kier molecular flexibility index (Phi) is 7.09. The highest BCUT2D eigenvalue weighted by Crippen LogP contribution is 2.25. The van der Waals surface area contributed by atoms with Crippen molar-refractivity contribution in [2.45, 2.75) is 43.8 Å². The number of hydroxylamine groups is 2. The zero-order valence-electron chi connectivity index (χ0n) is 14.4. The molecule has 26 heavy (non-hydrogen) atoms. The van der Waals surface area contributed by atoms with Crippen molar-refractivity contribution < 1.29 is 19.6 Å². The first-order valence-corrected chi connectivity index (χ1v) is 9.41. The lowest BCUT2D eigenvalue weighted by Gasteiger charge is -2.25. The molecule has 0 unspecified atom stereocenters. The van der Waals surface area contributed by atoms with Crippen molar-refractivity contribution in [2.75, 3.05) is 13.1 Å². The predicted octanol–water partition coefficient (Wildman–Crippen LogP) is -0.509. The second-order valence-corrected chi connectivity index (χ2v) is 7.13. The summed E-state index contributed by atoms with van der Waals surface area (Å²) < 4.78 is 0. The number of carbonyl (C=O) groups excluding carboxylic acids is 3. The summed E-state index contributed by atoms with van der Waals surface area (Å²) in [4.78, 5) is 37.9. The minimum atomic E-state index is -0.886. The Bertz CT molecular complexity index is 639. The second kappa shape index (κ2) is 9.08. The number of primary amides is 1. The van der Waals surface area contributed by atoms with Gasteiger partial charge in [0.15, 0.2) is 0 Å². The van der Waals surface area contributed by atoms with Gasteiger partial charge in [0.1, 0.15) is 6.04 Å². The average Bonchev–Trinajstić information content (AvgIpc) is 3.29. The summed E-state index contributed by atoms with van der Waals surface area (Å²) in [5.41, 5.74) is 17.1. The standard InChI is InChI=1S/C16H25N5O4S/c17-5-2-1-3-12(18)16(24)21(25)11-7-13(14(19)22)20(8-11)15(23)10-4-6-26-9-10/h4,6,9,11-13,25H,1-3,5,7-8,17-18H2,(H2,19,22)/t11-,12-,13-/m0/s1. The molecule has 1 aliphatic rings. The van der Waals surface area contributed by atoms with E-state index in [1.165, 1.54) is 16.2 Å². The first-order valence-electron chi connectivity index (χ1n) is 8.46.